The van der Waals surface area contributed by atoms with Gasteiger partial charge in [0.05, 0.1) is 13.2 Å². The van der Waals surface area contributed by atoms with Gasteiger partial charge in [0.25, 0.3) is 0 Å². The van der Waals surface area contributed by atoms with E-state index in [-0.39, 0.29) is 13.0 Å². The highest BCUT2D eigenvalue weighted by Gasteiger charge is 2.51. The molecule has 6 N–H and O–H groups in total. The molecule has 0 bridgehead atoms. The number of hydrogen-bond donors (Lipinski definition) is 6. The number of carbonyl (C=O) groups is 1. The predicted octanol–water partition coefficient (Wildman–Crippen LogP) is 9.97. The number of carbonyl (C=O) groups excluding carboxylic acids is 1. The summed E-state index contributed by atoms with van der Waals surface area (Å²) in [4.78, 5) is 23.2. The zero-order valence-electron chi connectivity index (χ0n) is 38.1. The summed E-state index contributed by atoms with van der Waals surface area (Å²) in [5, 5.41) is 50.2. The van der Waals surface area contributed by atoms with Crippen molar-refractivity contribution in [2.75, 3.05) is 19.8 Å². The molecule has 62 heavy (non-hydrogen) atoms. The van der Waals surface area contributed by atoms with Gasteiger partial charge in [0.15, 0.2) is 0 Å². The highest BCUT2D eigenvalue weighted by Crippen LogP contribution is 2.47. The van der Waals surface area contributed by atoms with Crippen molar-refractivity contribution in [1.82, 2.24) is 0 Å². The second-order valence-corrected chi connectivity index (χ2v) is 17.6. The number of phosphoric acid groups is 1. The van der Waals surface area contributed by atoms with E-state index in [4.69, 9.17) is 18.5 Å². The first-order chi connectivity index (χ1) is 30.0. The molecule has 1 aliphatic rings. The van der Waals surface area contributed by atoms with Crippen LogP contribution >= 0.6 is 7.82 Å². The molecule has 1 rings (SSSR count). The van der Waals surface area contributed by atoms with Gasteiger partial charge < -0.3 is 39.9 Å². The van der Waals surface area contributed by atoms with Crippen LogP contribution in [0.5, 0.6) is 0 Å². The SMILES string of the molecule is CC/C=C\C/C=C\C/C=C\C/C=C\C/C=C\C/C=C\CCCCC(=O)OC(COCCCCCCCCCCCCCCCC)COP(=O)(O)OC1C(O)C(O)C(O)C(O)C1O. The van der Waals surface area contributed by atoms with E-state index >= 15 is 0 Å². The summed E-state index contributed by atoms with van der Waals surface area (Å²) in [6.45, 7) is 4.09. The van der Waals surface area contributed by atoms with E-state index in [1.165, 1.54) is 70.6 Å². The summed E-state index contributed by atoms with van der Waals surface area (Å²) >= 11 is 0. The number of phosphoric ester groups is 1. The van der Waals surface area contributed by atoms with Crippen LogP contribution in [0.25, 0.3) is 0 Å². The molecule has 1 aliphatic carbocycles. The molecule has 0 aromatic carbocycles. The fourth-order valence-electron chi connectivity index (χ4n) is 6.83. The van der Waals surface area contributed by atoms with Gasteiger partial charge in [-0.25, -0.2) is 4.57 Å². The fourth-order valence-corrected chi connectivity index (χ4v) is 7.80. The Labute approximate surface area is 374 Å². The van der Waals surface area contributed by atoms with Crippen molar-refractivity contribution in [3.05, 3.63) is 72.9 Å². The molecule has 6 unspecified atom stereocenters. The zero-order chi connectivity index (χ0) is 45.5. The Morgan fingerprint density at radius 1 is 0.532 bits per heavy atom. The molecule has 0 aromatic heterocycles. The van der Waals surface area contributed by atoms with E-state index in [1.807, 2.05) is 0 Å². The van der Waals surface area contributed by atoms with Gasteiger partial charge in [0.1, 0.15) is 42.7 Å². The minimum absolute atomic E-state index is 0.0962. The van der Waals surface area contributed by atoms with Gasteiger partial charge in [-0.15, -0.1) is 0 Å². The average molecular weight is 897 g/mol. The zero-order valence-corrected chi connectivity index (χ0v) is 39.0. The van der Waals surface area contributed by atoms with Crippen LogP contribution in [-0.4, -0.2) is 98.9 Å². The molecule has 0 amide bonds. The Bertz CT molecular complexity index is 1300. The molecule has 0 aromatic rings. The van der Waals surface area contributed by atoms with Crippen molar-refractivity contribution in [2.45, 2.75) is 211 Å². The van der Waals surface area contributed by atoms with Crippen LogP contribution in [0.1, 0.15) is 168 Å². The molecule has 0 saturated heterocycles. The van der Waals surface area contributed by atoms with Crippen LogP contribution in [0.4, 0.5) is 0 Å². The maximum atomic E-state index is 12.8. The lowest BCUT2D eigenvalue weighted by Crippen LogP contribution is -2.64. The van der Waals surface area contributed by atoms with Crippen LogP contribution in [0, 0.1) is 0 Å². The molecule has 0 spiro atoms. The smallest absolute Gasteiger partial charge is 0.457 e. The second-order valence-electron chi connectivity index (χ2n) is 16.2. The van der Waals surface area contributed by atoms with E-state index in [0.717, 1.165) is 70.6 Å². The van der Waals surface area contributed by atoms with Crippen LogP contribution in [0.2, 0.25) is 0 Å². The van der Waals surface area contributed by atoms with Crippen LogP contribution in [-0.2, 0) is 27.9 Å². The van der Waals surface area contributed by atoms with Crippen LogP contribution in [0.15, 0.2) is 72.9 Å². The van der Waals surface area contributed by atoms with Crippen LogP contribution < -0.4 is 0 Å². The Morgan fingerprint density at radius 3 is 1.42 bits per heavy atom. The van der Waals surface area contributed by atoms with E-state index in [0.29, 0.717) is 13.0 Å². The summed E-state index contributed by atoms with van der Waals surface area (Å²) in [6, 6.07) is 0. The molecule has 0 radical (unpaired) electrons. The molecule has 6 atom stereocenters. The third-order valence-electron chi connectivity index (χ3n) is 10.6. The second kappa shape index (κ2) is 39.2. The van der Waals surface area contributed by atoms with Gasteiger partial charge in [-0.3, -0.25) is 13.8 Å². The Balaban J connectivity index is 2.43. The molecular formula is C49H85O12P. The molecule has 1 fully saturated rings. The quantitative estimate of drug-likeness (QED) is 0.0148. The van der Waals surface area contributed by atoms with Crippen molar-refractivity contribution >= 4 is 13.8 Å². The minimum atomic E-state index is -5.03. The maximum Gasteiger partial charge on any atom is 0.472 e. The summed E-state index contributed by atoms with van der Waals surface area (Å²) in [6.07, 6.45) is 38.3. The van der Waals surface area contributed by atoms with E-state index in [1.54, 1.807) is 0 Å². The Kier molecular flexibility index (Phi) is 36.5. The lowest BCUT2D eigenvalue weighted by atomic mass is 9.85. The van der Waals surface area contributed by atoms with Crippen molar-refractivity contribution in [2.24, 2.45) is 0 Å². The molecule has 0 heterocycles. The van der Waals surface area contributed by atoms with Gasteiger partial charge in [-0.1, -0.05) is 170 Å². The Hall–Kier alpha value is -2.22. The third-order valence-corrected chi connectivity index (χ3v) is 11.6. The third kappa shape index (κ3) is 30.8. The maximum absolute atomic E-state index is 12.8. The number of rotatable bonds is 39. The number of unbranched alkanes of at least 4 members (excludes halogenated alkanes) is 15. The highest BCUT2D eigenvalue weighted by molar-refractivity contribution is 7.47. The fraction of sp³-hybridized carbons (Fsp3) is 0.735. The van der Waals surface area contributed by atoms with E-state index in [9.17, 15) is 39.8 Å². The molecule has 0 aliphatic heterocycles. The van der Waals surface area contributed by atoms with Crippen molar-refractivity contribution in [3.8, 4) is 0 Å². The summed E-state index contributed by atoms with van der Waals surface area (Å²) in [5.74, 6) is -0.520. The van der Waals surface area contributed by atoms with Crippen molar-refractivity contribution < 1.29 is 58.3 Å². The van der Waals surface area contributed by atoms with E-state index < -0.39 is 63.1 Å². The number of hydrogen-bond acceptors (Lipinski definition) is 11. The topological polar surface area (TPSA) is 192 Å². The minimum Gasteiger partial charge on any atom is -0.457 e. The number of esters is 1. The first-order valence-electron chi connectivity index (χ1n) is 23.8. The largest absolute Gasteiger partial charge is 0.472 e. The molecule has 13 heteroatoms. The van der Waals surface area contributed by atoms with Crippen molar-refractivity contribution in [1.29, 1.82) is 0 Å². The molecular weight excluding hydrogens is 812 g/mol. The highest BCUT2D eigenvalue weighted by atomic mass is 31.2. The summed E-state index contributed by atoms with van der Waals surface area (Å²) < 4.78 is 34.2. The van der Waals surface area contributed by atoms with Gasteiger partial charge in [0, 0.05) is 13.0 Å². The monoisotopic (exact) mass is 897 g/mol. The van der Waals surface area contributed by atoms with Crippen LogP contribution in [0.3, 0.4) is 0 Å². The number of aliphatic hydroxyl groups is 5. The predicted molar refractivity (Wildman–Crippen MR) is 248 cm³/mol. The van der Waals surface area contributed by atoms with Gasteiger partial charge in [-0.2, -0.15) is 0 Å². The Morgan fingerprint density at radius 2 is 0.952 bits per heavy atom. The first-order valence-corrected chi connectivity index (χ1v) is 25.3. The lowest BCUT2D eigenvalue weighted by Gasteiger charge is -2.41. The number of allylic oxidation sites excluding steroid dienone is 12. The van der Waals surface area contributed by atoms with Gasteiger partial charge >= 0.3 is 13.8 Å². The van der Waals surface area contributed by atoms with Gasteiger partial charge in [-0.05, 0) is 64.2 Å². The average Bonchev–Trinajstić information content (AvgIpc) is 3.26. The summed E-state index contributed by atoms with van der Waals surface area (Å²) in [7, 11) is -5.03. The lowest BCUT2D eigenvalue weighted by molar-refractivity contribution is -0.220. The summed E-state index contributed by atoms with van der Waals surface area (Å²) in [5.41, 5.74) is 0. The molecule has 358 valence electrons. The first kappa shape index (κ1) is 57.8. The van der Waals surface area contributed by atoms with Gasteiger partial charge in [0.2, 0.25) is 0 Å². The number of ether oxygens (including phenoxy) is 2. The molecule has 1 saturated carbocycles. The van der Waals surface area contributed by atoms with Crippen molar-refractivity contribution in [3.63, 3.8) is 0 Å². The molecule has 12 nitrogen and oxygen atoms in total. The normalized spacial score (nSPS) is 22.6. The van der Waals surface area contributed by atoms with E-state index in [2.05, 4.69) is 86.8 Å². The number of aliphatic hydroxyl groups excluding tert-OH is 5. The standard InChI is InChI=1S/C49H85O12P/c1-3-5-7-9-11-13-15-17-19-20-21-22-23-24-25-26-28-30-32-34-36-38-43(50)60-42(40-58-39-37-35-33-31-29-27-18-16-14-12-10-8-6-4-2)41-59-62(56,57)61-49-47(54)45(52)44(51)46(53)48(49)55/h5,7,11,13,17,19,21-22,24-25,28,30,42,44-49,51-55H,3-4,6,8-10,12,14-16,18,20,23,26-27,29,31-41H2,1-2H3,(H,56,57)/b7-5-,13-11-,19-17-,22-21-,25-24-,30-28-.